The third kappa shape index (κ3) is 5.03. The molecule has 1 N–H and O–H groups in total. The van der Waals surface area contributed by atoms with Crippen LogP contribution in [0.25, 0.3) is 0 Å². The van der Waals surface area contributed by atoms with Crippen LogP contribution in [0.15, 0.2) is 24.3 Å². The highest BCUT2D eigenvalue weighted by molar-refractivity contribution is 5.95. The number of carbonyl (C=O) groups excluding carboxylic acids is 1. The molecule has 140 valence electrons. The van der Waals surface area contributed by atoms with Gasteiger partial charge in [-0.1, -0.05) is 32.0 Å². The Hall–Kier alpha value is -1.43. The molecule has 0 unspecified atom stereocenters. The molecule has 1 amide bonds. The molecule has 25 heavy (non-hydrogen) atoms. The fraction of sp³-hybridized carbons (Fsp3) is 0.650. The highest BCUT2D eigenvalue weighted by Gasteiger charge is 2.39. The van der Waals surface area contributed by atoms with E-state index in [1.165, 1.54) is 0 Å². The normalized spacial score (nSPS) is 15.5. The maximum absolute atomic E-state index is 12.4. The molecule has 1 aromatic carbocycles. The quantitative estimate of drug-likeness (QED) is 0.657. The molecule has 0 bridgehead atoms. The Balaban J connectivity index is 1.86. The van der Waals surface area contributed by atoms with E-state index in [1.807, 2.05) is 24.3 Å². The number of hydrogen-bond donors (Lipinski definition) is 1. The van der Waals surface area contributed by atoms with Crippen LogP contribution in [0.4, 0.5) is 0 Å². The largest absolute Gasteiger partial charge is 0.380 e. The summed E-state index contributed by atoms with van der Waals surface area (Å²) in [6.45, 7) is 6.82. The van der Waals surface area contributed by atoms with Gasteiger partial charge in [-0.2, -0.15) is 0 Å². The number of hydrogen-bond acceptors (Lipinski definition) is 4. The molecule has 5 nitrogen and oxygen atoms in total. The number of amides is 1. The number of methoxy groups -OCH3 is 1. The Morgan fingerprint density at radius 3 is 2.56 bits per heavy atom. The molecule has 1 fully saturated rings. The molecule has 1 aliphatic rings. The van der Waals surface area contributed by atoms with Crippen molar-refractivity contribution in [3.05, 3.63) is 35.4 Å². The minimum Gasteiger partial charge on any atom is -0.380 e. The first-order chi connectivity index (χ1) is 12.2. The highest BCUT2D eigenvalue weighted by Crippen LogP contribution is 2.39. The van der Waals surface area contributed by atoms with E-state index in [0.29, 0.717) is 31.9 Å². The average molecular weight is 349 g/mol. The Morgan fingerprint density at radius 2 is 1.92 bits per heavy atom. The van der Waals surface area contributed by atoms with Gasteiger partial charge in [-0.3, -0.25) is 4.79 Å². The van der Waals surface area contributed by atoms with Crippen molar-refractivity contribution in [2.45, 2.75) is 52.4 Å². The minimum atomic E-state index is -0.111. The summed E-state index contributed by atoms with van der Waals surface area (Å²) in [6, 6.07) is 7.56. The molecule has 1 heterocycles. The van der Waals surface area contributed by atoms with E-state index in [4.69, 9.17) is 14.2 Å². The van der Waals surface area contributed by atoms with Gasteiger partial charge in [0.05, 0.1) is 19.8 Å². The molecule has 0 atom stereocenters. The monoisotopic (exact) mass is 349 g/mol. The lowest BCUT2D eigenvalue weighted by molar-refractivity contribution is -0.140. The third-order valence-corrected chi connectivity index (χ3v) is 5.23. The lowest BCUT2D eigenvalue weighted by atomic mass is 9.77. The summed E-state index contributed by atoms with van der Waals surface area (Å²) in [7, 11) is 1.64. The van der Waals surface area contributed by atoms with Crippen LogP contribution >= 0.6 is 0 Å². The van der Waals surface area contributed by atoms with Gasteiger partial charge < -0.3 is 19.5 Å². The predicted octanol–water partition coefficient (Wildman–Crippen LogP) is 3.52. The number of rotatable bonds is 10. The van der Waals surface area contributed by atoms with Crippen molar-refractivity contribution in [1.82, 2.24) is 5.32 Å². The van der Waals surface area contributed by atoms with Crippen LogP contribution in [-0.2, 0) is 20.8 Å². The summed E-state index contributed by atoms with van der Waals surface area (Å²) in [5, 5.41) is 3.03. The van der Waals surface area contributed by atoms with Crippen LogP contribution < -0.4 is 5.32 Å². The van der Waals surface area contributed by atoms with Crippen molar-refractivity contribution in [3.8, 4) is 0 Å². The Bertz CT molecular complexity index is 536. The van der Waals surface area contributed by atoms with Crippen molar-refractivity contribution >= 4 is 5.91 Å². The molecular weight excluding hydrogens is 318 g/mol. The van der Waals surface area contributed by atoms with Crippen LogP contribution in [0.1, 0.15) is 55.5 Å². The van der Waals surface area contributed by atoms with Gasteiger partial charge in [0, 0.05) is 24.6 Å². The number of benzene rings is 1. The molecule has 1 saturated heterocycles. The van der Waals surface area contributed by atoms with Crippen LogP contribution in [0.2, 0.25) is 0 Å². The Labute approximate surface area is 151 Å². The topological polar surface area (TPSA) is 56.8 Å². The van der Waals surface area contributed by atoms with Crippen LogP contribution in [0, 0.1) is 5.41 Å². The lowest BCUT2D eigenvalue weighted by Crippen LogP contribution is -2.36. The van der Waals surface area contributed by atoms with Gasteiger partial charge in [0.25, 0.3) is 5.91 Å². The molecule has 0 saturated carbocycles. The highest BCUT2D eigenvalue weighted by atomic mass is 16.7. The SMILES string of the molecule is CCC(CC)(CCCNC(=O)c1ccccc1COC)C1OCCO1. The third-order valence-electron chi connectivity index (χ3n) is 5.23. The zero-order chi connectivity index (χ0) is 18.1. The van der Waals surface area contributed by atoms with E-state index in [-0.39, 0.29) is 17.6 Å². The Morgan fingerprint density at radius 1 is 1.24 bits per heavy atom. The van der Waals surface area contributed by atoms with Crippen molar-refractivity contribution in [1.29, 1.82) is 0 Å². The van der Waals surface area contributed by atoms with E-state index >= 15 is 0 Å². The fourth-order valence-electron chi connectivity index (χ4n) is 3.53. The summed E-state index contributed by atoms with van der Waals surface area (Å²) < 4.78 is 16.7. The second kappa shape index (κ2) is 9.90. The summed E-state index contributed by atoms with van der Waals surface area (Å²) in [4.78, 5) is 12.4. The van der Waals surface area contributed by atoms with Gasteiger partial charge in [0.2, 0.25) is 0 Å². The number of carbonyl (C=O) groups is 1. The fourth-order valence-corrected chi connectivity index (χ4v) is 3.53. The van der Waals surface area contributed by atoms with E-state index in [1.54, 1.807) is 7.11 Å². The first-order valence-corrected chi connectivity index (χ1v) is 9.25. The van der Waals surface area contributed by atoms with Gasteiger partial charge in [-0.15, -0.1) is 0 Å². The van der Waals surface area contributed by atoms with Crippen molar-refractivity contribution in [2.24, 2.45) is 5.41 Å². The zero-order valence-corrected chi connectivity index (χ0v) is 15.7. The van der Waals surface area contributed by atoms with E-state index in [0.717, 1.165) is 31.2 Å². The van der Waals surface area contributed by atoms with Crippen LogP contribution in [-0.4, -0.2) is 39.1 Å². The predicted molar refractivity (Wildman–Crippen MR) is 97.4 cm³/mol. The first-order valence-electron chi connectivity index (χ1n) is 9.25. The molecule has 5 heteroatoms. The Kier molecular flexibility index (Phi) is 7.88. The summed E-state index contributed by atoms with van der Waals surface area (Å²) in [5.41, 5.74) is 1.63. The van der Waals surface area contributed by atoms with Crippen molar-refractivity contribution in [3.63, 3.8) is 0 Å². The standard InChI is InChI=1S/C20H31NO4/c1-4-20(5-2,19-24-13-14-25-19)11-8-12-21-18(22)17-10-7-6-9-16(17)15-23-3/h6-7,9-10,19H,4-5,8,11-15H2,1-3H3,(H,21,22). The second-order valence-electron chi connectivity index (χ2n) is 6.59. The molecule has 1 aliphatic heterocycles. The van der Waals surface area contributed by atoms with E-state index < -0.39 is 0 Å². The molecule has 0 spiro atoms. The minimum absolute atomic E-state index is 0.0369. The average Bonchev–Trinajstić information content (AvgIpc) is 3.18. The van der Waals surface area contributed by atoms with Gasteiger partial charge >= 0.3 is 0 Å². The molecule has 2 rings (SSSR count). The maximum Gasteiger partial charge on any atom is 0.251 e. The molecular formula is C20H31NO4. The molecule has 1 aromatic rings. The number of ether oxygens (including phenoxy) is 3. The molecule has 0 aromatic heterocycles. The van der Waals surface area contributed by atoms with E-state index in [9.17, 15) is 4.79 Å². The lowest BCUT2D eigenvalue weighted by Gasteiger charge is -2.36. The maximum atomic E-state index is 12.4. The van der Waals surface area contributed by atoms with E-state index in [2.05, 4.69) is 19.2 Å². The summed E-state index contributed by atoms with van der Waals surface area (Å²) in [6.07, 6.45) is 3.80. The van der Waals surface area contributed by atoms with Gasteiger partial charge in [-0.25, -0.2) is 0 Å². The smallest absolute Gasteiger partial charge is 0.251 e. The molecule has 0 aliphatic carbocycles. The first kappa shape index (κ1) is 19.9. The zero-order valence-electron chi connectivity index (χ0n) is 15.7. The van der Waals surface area contributed by atoms with Crippen molar-refractivity contribution < 1.29 is 19.0 Å². The van der Waals surface area contributed by atoms with Crippen LogP contribution in [0.3, 0.4) is 0 Å². The number of nitrogens with one attached hydrogen (secondary N) is 1. The second-order valence-corrected chi connectivity index (χ2v) is 6.59. The van der Waals surface area contributed by atoms with Crippen molar-refractivity contribution in [2.75, 3.05) is 26.9 Å². The molecule has 0 radical (unpaired) electrons. The summed E-state index contributed by atoms with van der Waals surface area (Å²) >= 11 is 0. The summed E-state index contributed by atoms with van der Waals surface area (Å²) in [5.74, 6) is -0.0420. The van der Waals surface area contributed by atoms with Crippen LogP contribution in [0.5, 0.6) is 0 Å². The van der Waals surface area contributed by atoms with Gasteiger partial charge in [0.15, 0.2) is 6.29 Å². The van der Waals surface area contributed by atoms with Gasteiger partial charge in [-0.05, 0) is 37.3 Å². The van der Waals surface area contributed by atoms with Gasteiger partial charge in [0.1, 0.15) is 0 Å².